The van der Waals surface area contributed by atoms with E-state index in [9.17, 15) is 13.2 Å². The number of benzene rings is 1. The molecule has 7 heteroatoms. The first-order valence-electron chi connectivity index (χ1n) is 6.41. The molecule has 0 radical (unpaired) electrons. The number of anilines is 1. The lowest BCUT2D eigenvalue weighted by molar-refractivity contribution is 0.197. The van der Waals surface area contributed by atoms with Crippen LogP contribution in [0.4, 0.5) is 10.5 Å². The van der Waals surface area contributed by atoms with Gasteiger partial charge in [0, 0.05) is 12.6 Å². The van der Waals surface area contributed by atoms with Crippen LogP contribution < -0.4 is 5.32 Å². The van der Waals surface area contributed by atoms with E-state index < -0.39 is 9.84 Å². The number of carbonyl (C=O) groups is 1. The Morgan fingerprint density at radius 2 is 2.05 bits per heavy atom. The molecule has 0 spiro atoms. The Kier molecular flexibility index (Phi) is 4.55. The molecule has 0 aliphatic carbocycles. The second-order valence-electron chi connectivity index (χ2n) is 4.89. The van der Waals surface area contributed by atoms with E-state index in [1.54, 1.807) is 29.2 Å². The van der Waals surface area contributed by atoms with Crippen molar-refractivity contribution in [2.45, 2.75) is 19.4 Å². The van der Waals surface area contributed by atoms with Crippen LogP contribution in [0.2, 0.25) is 5.02 Å². The minimum atomic E-state index is -3.05. The van der Waals surface area contributed by atoms with Gasteiger partial charge >= 0.3 is 6.03 Å². The maximum atomic E-state index is 12.3. The molecule has 1 N–H and O–H groups in total. The summed E-state index contributed by atoms with van der Waals surface area (Å²) in [6.45, 7) is 2.06. The Morgan fingerprint density at radius 1 is 1.35 bits per heavy atom. The second kappa shape index (κ2) is 6.01. The van der Waals surface area contributed by atoms with Gasteiger partial charge in [-0.15, -0.1) is 0 Å². The summed E-state index contributed by atoms with van der Waals surface area (Å²) in [6.07, 6.45) is 0.457. The predicted molar refractivity (Wildman–Crippen MR) is 79.9 cm³/mol. The molecule has 2 rings (SSSR count). The largest absolute Gasteiger partial charge is 0.322 e. The Balaban J connectivity index is 2.10. The smallest absolute Gasteiger partial charge is 0.321 e. The summed E-state index contributed by atoms with van der Waals surface area (Å²) in [6, 6.07) is 6.52. The van der Waals surface area contributed by atoms with Crippen molar-refractivity contribution in [2.75, 3.05) is 23.4 Å². The van der Waals surface area contributed by atoms with E-state index in [2.05, 4.69) is 5.32 Å². The fraction of sp³-hybridized carbons (Fsp3) is 0.462. The molecule has 2 amide bonds. The highest BCUT2D eigenvalue weighted by atomic mass is 35.5. The molecule has 0 aromatic heterocycles. The topological polar surface area (TPSA) is 66.5 Å². The molecule has 1 aromatic rings. The van der Waals surface area contributed by atoms with Crippen LogP contribution in [-0.2, 0) is 9.84 Å². The number of hydrogen-bond donors (Lipinski definition) is 1. The predicted octanol–water partition coefficient (Wildman–Crippen LogP) is 2.38. The molecule has 110 valence electrons. The lowest BCUT2D eigenvalue weighted by Crippen LogP contribution is -2.42. The number of halogens is 1. The van der Waals surface area contributed by atoms with Crippen LogP contribution in [0.1, 0.15) is 13.3 Å². The van der Waals surface area contributed by atoms with E-state index in [-0.39, 0.29) is 30.1 Å². The number of nitrogens with one attached hydrogen (secondary N) is 1. The summed E-state index contributed by atoms with van der Waals surface area (Å²) in [5, 5.41) is 3.18. The molecule has 1 aliphatic heterocycles. The lowest BCUT2D eigenvalue weighted by atomic mass is 10.2. The molecule has 1 saturated heterocycles. The van der Waals surface area contributed by atoms with Gasteiger partial charge in [-0.25, -0.2) is 13.2 Å². The van der Waals surface area contributed by atoms with Gasteiger partial charge in [0.1, 0.15) is 0 Å². The summed E-state index contributed by atoms with van der Waals surface area (Å²) in [5.41, 5.74) is 0.526. The normalized spacial score (nSPS) is 22.1. The number of carbonyl (C=O) groups excluding carboxylic acids is 1. The van der Waals surface area contributed by atoms with E-state index in [1.807, 2.05) is 6.92 Å². The molecule has 5 nitrogen and oxygen atoms in total. The zero-order valence-corrected chi connectivity index (χ0v) is 12.7. The number of amides is 2. The summed E-state index contributed by atoms with van der Waals surface area (Å²) >= 11 is 5.99. The summed E-state index contributed by atoms with van der Waals surface area (Å²) in [7, 11) is -3.05. The van der Waals surface area contributed by atoms with Crippen LogP contribution in [0, 0.1) is 0 Å². The summed E-state index contributed by atoms with van der Waals surface area (Å²) < 4.78 is 23.2. The summed E-state index contributed by atoms with van der Waals surface area (Å²) in [4.78, 5) is 13.8. The van der Waals surface area contributed by atoms with Gasteiger partial charge in [0.25, 0.3) is 0 Å². The molecule has 0 saturated carbocycles. The molecule has 1 aliphatic rings. The average molecular weight is 317 g/mol. The van der Waals surface area contributed by atoms with E-state index >= 15 is 0 Å². The van der Waals surface area contributed by atoms with Crippen molar-refractivity contribution in [3.63, 3.8) is 0 Å². The summed E-state index contributed by atoms with van der Waals surface area (Å²) in [5.74, 6) is 0.136. The minimum Gasteiger partial charge on any atom is -0.321 e. The third kappa shape index (κ3) is 3.64. The van der Waals surface area contributed by atoms with Crippen LogP contribution in [0.5, 0.6) is 0 Å². The van der Waals surface area contributed by atoms with Gasteiger partial charge in [0.05, 0.1) is 22.2 Å². The second-order valence-corrected chi connectivity index (χ2v) is 7.60. The van der Waals surface area contributed by atoms with Crippen molar-refractivity contribution in [3.8, 4) is 0 Å². The Morgan fingerprint density at radius 3 is 2.75 bits per heavy atom. The third-order valence-corrected chi connectivity index (χ3v) is 5.39. The van der Waals surface area contributed by atoms with Crippen molar-refractivity contribution in [3.05, 3.63) is 29.3 Å². The van der Waals surface area contributed by atoms with Gasteiger partial charge < -0.3 is 10.2 Å². The molecular formula is C13H17ClN2O3S. The standard InChI is InChI=1S/C13H17ClN2O3S/c1-10-6-8-20(18,19)9-7-16(10)13(17)15-12-5-3-2-4-11(12)14/h2-5,10H,6-9H2,1H3,(H,15,17)/t10-/m0/s1. The monoisotopic (exact) mass is 316 g/mol. The quantitative estimate of drug-likeness (QED) is 0.865. The Labute approximate surface area is 123 Å². The van der Waals surface area contributed by atoms with Gasteiger partial charge in [0.15, 0.2) is 9.84 Å². The maximum absolute atomic E-state index is 12.3. The number of sulfone groups is 1. The van der Waals surface area contributed by atoms with Crippen molar-refractivity contribution in [2.24, 2.45) is 0 Å². The molecule has 1 fully saturated rings. The molecule has 1 aromatic carbocycles. The highest BCUT2D eigenvalue weighted by molar-refractivity contribution is 7.91. The number of hydrogen-bond acceptors (Lipinski definition) is 3. The van der Waals surface area contributed by atoms with E-state index in [4.69, 9.17) is 11.6 Å². The van der Waals surface area contributed by atoms with Gasteiger partial charge in [-0.1, -0.05) is 23.7 Å². The fourth-order valence-electron chi connectivity index (χ4n) is 2.12. The Bertz CT molecular complexity index is 603. The first kappa shape index (κ1) is 15.1. The van der Waals surface area contributed by atoms with Crippen LogP contribution in [-0.4, -0.2) is 43.4 Å². The number of rotatable bonds is 1. The number of para-hydroxylation sites is 1. The maximum Gasteiger partial charge on any atom is 0.322 e. The first-order valence-corrected chi connectivity index (χ1v) is 8.61. The van der Waals surface area contributed by atoms with E-state index in [1.165, 1.54) is 0 Å². The zero-order valence-electron chi connectivity index (χ0n) is 11.2. The molecule has 0 bridgehead atoms. The third-order valence-electron chi connectivity index (χ3n) is 3.40. The van der Waals surface area contributed by atoms with Gasteiger partial charge in [-0.05, 0) is 25.5 Å². The van der Waals surface area contributed by atoms with E-state index in [0.29, 0.717) is 17.1 Å². The Hall–Kier alpha value is -1.27. The van der Waals surface area contributed by atoms with Crippen molar-refractivity contribution in [1.29, 1.82) is 0 Å². The van der Waals surface area contributed by atoms with E-state index in [0.717, 1.165) is 0 Å². The zero-order chi connectivity index (χ0) is 14.8. The van der Waals surface area contributed by atoms with Crippen molar-refractivity contribution in [1.82, 2.24) is 4.90 Å². The molecule has 20 heavy (non-hydrogen) atoms. The minimum absolute atomic E-state index is 0.00722. The molecule has 1 heterocycles. The van der Waals surface area contributed by atoms with Gasteiger partial charge in [-0.3, -0.25) is 0 Å². The highest BCUT2D eigenvalue weighted by Crippen LogP contribution is 2.22. The fourth-order valence-corrected chi connectivity index (χ4v) is 3.68. The average Bonchev–Trinajstić information content (AvgIpc) is 2.52. The molecule has 1 atom stereocenters. The SMILES string of the molecule is C[C@H]1CCS(=O)(=O)CCN1C(=O)Nc1ccccc1Cl. The van der Waals surface area contributed by atoms with Gasteiger partial charge in [0.2, 0.25) is 0 Å². The van der Waals surface area contributed by atoms with Crippen LogP contribution in [0.25, 0.3) is 0 Å². The van der Waals surface area contributed by atoms with Crippen LogP contribution >= 0.6 is 11.6 Å². The lowest BCUT2D eigenvalue weighted by Gasteiger charge is -2.26. The van der Waals surface area contributed by atoms with Crippen molar-refractivity contribution < 1.29 is 13.2 Å². The van der Waals surface area contributed by atoms with Gasteiger partial charge in [-0.2, -0.15) is 0 Å². The van der Waals surface area contributed by atoms with Crippen LogP contribution in [0.3, 0.4) is 0 Å². The molecular weight excluding hydrogens is 300 g/mol. The first-order chi connectivity index (χ1) is 9.39. The number of urea groups is 1. The van der Waals surface area contributed by atoms with Crippen LogP contribution in [0.15, 0.2) is 24.3 Å². The molecule has 0 unspecified atom stereocenters. The van der Waals surface area contributed by atoms with Crippen molar-refractivity contribution >= 4 is 33.2 Å². The highest BCUT2D eigenvalue weighted by Gasteiger charge is 2.27. The number of nitrogens with zero attached hydrogens (tertiary/aromatic N) is 1.